The van der Waals surface area contributed by atoms with Gasteiger partial charge in [-0.2, -0.15) is 0 Å². The fourth-order valence-electron chi connectivity index (χ4n) is 5.98. The maximum absolute atomic E-state index is 13.1. The lowest BCUT2D eigenvalue weighted by atomic mass is 9.80. The molecule has 0 radical (unpaired) electrons. The maximum atomic E-state index is 13.1. The first-order valence-electron chi connectivity index (χ1n) is 14.6. The molecule has 2 aliphatic carbocycles. The predicted octanol–water partition coefficient (Wildman–Crippen LogP) is 2.68. The van der Waals surface area contributed by atoms with Gasteiger partial charge in [0.2, 0.25) is 11.8 Å². The number of anilines is 1. The molecular formula is C31H30N8O4. The Hall–Kier alpha value is -5.00. The normalized spacial score (nSPS) is 23.6. The molecule has 3 aromatic rings. The van der Waals surface area contributed by atoms with Crippen molar-refractivity contribution in [3.8, 4) is 0 Å². The smallest absolute Gasteiger partial charge is 0.262 e. The number of hydrogen-bond donors (Lipinski definition) is 4. The Labute approximate surface area is 246 Å². The van der Waals surface area contributed by atoms with E-state index >= 15 is 0 Å². The molecule has 3 fully saturated rings. The van der Waals surface area contributed by atoms with E-state index < -0.39 is 29.7 Å². The number of pyridine rings is 1. The number of benzene rings is 1. The molecule has 4 amide bonds. The minimum atomic E-state index is -0.978. The molecular weight excluding hydrogens is 548 g/mol. The summed E-state index contributed by atoms with van der Waals surface area (Å²) in [7, 11) is 0. The third kappa shape index (κ3) is 5.13. The lowest BCUT2D eigenvalue weighted by Gasteiger charge is -2.36. The number of allylic oxidation sites excluding steroid dienone is 1. The number of carbonyl (C=O) groups is 4. The third-order valence-corrected chi connectivity index (χ3v) is 8.64. The van der Waals surface area contributed by atoms with Crippen LogP contribution in [0.5, 0.6) is 0 Å². The maximum Gasteiger partial charge on any atom is 0.262 e. The summed E-state index contributed by atoms with van der Waals surface area (Å²) in [6, 6.07) is 6.23. The lowest BCUT2D eigenvalue weighted by Crippen LogP contribution is -2.54. The number of nitrogens with zero attached hydrogens (tertiary/aromatic N) is 4. The van der Waals surface area contributed by atoms with Gasteiger partial charge >= 0.3 is 0 Å². The van der Waals surface area contributed by atoms with Crippen molar-refractivity contribution in [1.82, 2.24) is 30.5 Å². The number of aromatic nitrogens is 3. The lowest BCUT2D eigenvalue weighted by molar-refractivity contribution is -0.136. The van der Waals surface area contributed by atoms with E-state index in [1.807, 2.05) is 12.3 Å². The van der Waals surface area contributed by atoms with Gasteiger partial charge in [-0.15, -0.1) is 0 Å². The first kappa shape index (κ1) is 26.9. The largest absolute Gasteiger partial charge is 0.388 e. The van der Waals surface area contributed by atoms with Gasteiger partial charge in [-0.1, -0.05) is 0 Å². The molecule has 0 bridgehead atoms. The van der Waals surface area contributed by atoms with Crippen LogP contribution in [0.25, 0.3) is 16.6 Å². The van der Waals surface area contributed by atoms with Crippen molar-refractivity contribution in [3.63, 3.8) is 0 Å². The molecule has 2 aromatic heterocycles. The van der Waals surface area contributed by atoms with Crippen molar-refractivity contribution in [2.45, 2.75) is 50.6 Å². The van der Waals surface area contributed by atoms with Gasteiger partial charge in [-0.05, 0) is 62.3 Å². The number of imide groups is 2. The quantitative estimate of drug-likeness (QED) is 0.220. The Bertz CT molecular complexity index is 1730. The van der Waals surface area contributed by atoms with Crippen molar-refractivity contribution in [1.29, 1.82) is 5.41 Å². The second kappa shape index (κ2) is 10.7. The standard InChI is InChI=1S/C31H30N8O4/c32-28(17-1-2-17)22(23-12-24-25(15-37-23)34-8-7-33-24)14-36-19-9-16(10-19)13-35-18-3-4-20-21(11-18)31(43)39(30(20)42)26-5-6-27(40)38-29(26)41/h3-4,7-8,11-12,14-17,19,26,32,35-36H,1-2,5-6,9-10,13H2,(H,38,40,41)/b22-14-,32-28?. The Morgan fingerprint density at radius 1 is 0.977 bits per heavy atom. The molecule has 43 heavy (non-hydrogen) atoms. The van der Waals surface area contributed by atoms with Crippen LogP contribution < -0.4 is 16.0 Å². The summed E-state index contributed by atoms with van der Waals surface area (Å²) in [5.41, 5.74) is 4.83. The van der Waals surface area contributed by atoms with Crippen molar-refractivity contribution in [2.24, 2.45) is 11.8 Å². The van der Waals surface area contributed by atoms with Gasteiger partial charge in [0.1, 0.15) is 11.6 Å². The van der Waals surface area contributed by atoms with Gasteiger partial charge < -0.3 is 16.0 Å². The summed E-state index contributed by atoms with van der Waals surface area (Å²) in [5.74, 6) is -1.36. The van der Waals surface area contributed by atoms with Crippen LogP contribution in [0.15, 0.2) is 49.1 Å². The molecule has 1 saturated heterocycles. The van der Waals surface area contributed by atoms with Crippen LogP contribution in [0.1, 0.15) is 64.9 Å². The van der Waals surface area contributed by atoms with Gasteiger partial charge in [0.25, 0.3) is 11.8 Å². The summed E-state index contributed by atoms with van der Waals surface area (Å²) < 4.78 is 0. The molecule has 1 atom stereocenters. The number of carbonyl (C=O) groups excluding carboxylic acids is 4. The highest BCUT2D eigenvalue weighted by Gasteiger charge is 2.44. The summed E-state index contributed by atoms with van der Waals surface area (Å²) >= 11 is 0. The average Bonchev–Trinajstić information content (AvgIpc) is 3.81. The summed E-state index contributed by atoms with van der Waals surface area (Å²) in [6.07, 6.45) is 11.1. The highest BCUT2D eigenvalue weighted by atomic mass is 16.2. The zero-order valence-corrected chi connectivity index (χ0v) is 23.3. The first-order chi connectivity index (χ1) is 20.9. The minimum Gasteiger partial charge on any atom is -0.388 e. The molecule has 4 N–H and O–H groups in total. The molecule has 1 unspecified atom stereocenters. The molecule has 7 rings (SSSR count). The van der Waals surface area contributed by atoms with E-state index in [1.54, 1.807) is 36.8 Å². The Balaban J connectivity index is 0.959. The molecule has 218 valence electrons. The molecule has 12 heteroatoms. The molecule has 0 spiro atoms. The summed E-state index contributed by atoms with van der Waals surface area (Å²) in [6.45, 7) is 0.704. The van der Waals surface area contributed by atoms with Gasteiger partial charge in [-0.3, -0.25) is 44.3 Å². The highest BCUT2D eigenvalue weighted by Crippen LogP contribution is 2.36. The highest BCUT2D eigenvalue weighted by molar-refractivity contribution is 6.24. The van der Waals surface area contributed by atoms with E-state index in [0.717, 1.165) is 58.6 Å². The van der Waals surface area contributed by atoms with Crippen LogP contribution in [-0.2, 0) is 9.59 Å². The summed E-state index contributed by atoms with van der Waals surface area (Å²) in [4.78, 5) is 64.0. The number of nitrogens with one attached hydrogen (secondary N) is 4. The molecule has 2 saturated carbocycles. The Morgan fingerprint density at radius 2 is 1.74 bits per heavy atom. The third-order valence-electron chi connectivity index (χ3n) is 8.64. The van der Waals surface area contributed by atoms with Crippen LogP contribution in [0.2, 0.25) is 0 Å². The van der Waals surface area contributed by atoms with Crippen LogP contribution in [-0.4, -0.2) is 67.8 Å². The van der Waals surface area contributed by atoms with Crippen molar-refractivity contribution in [2.75, 3.05) is 11.9 Å². The van der Waals surface area contributed by atoms with E-state index in [4.69, 9.17) is 5.41 Å². The van der Waals surface area contributed by atoms with Gasteiger partial charge in [0.05, 0.1) is 28.5 Å². The second-order valence-corrected chi connectivity index (χ2v) is 11.7. The van der Waals surface area contributed by atoms with Gasteiger partial charge in [0, 0.05) is 60.5 Å². The van der Waals surface area contributed by atoms with Crippen LogP contribution in [0.4, 0.5) is 5.69 Å². The number of rotatable bonds is 9. The second-order valence-electron chi connectivity index (χ2n) is 11.7. The topological polar surface area (TPSA) is 170 Å². The average molecular weight is 579 g/mol. The fraction of sp³-hybridized carbons (Fsp3) is 0.355. The molecule has 12 nitrogen and oxygen atoms in total. The fourth-order valence-corrected chi connectivity index (χ4v) is 5.98. The molecule has 2 aliphatic heterocycles. The van der Waals surface area contributed by atoms with Crippen molar-refractivity contribution >= 4 is 51.6 Å². The minimum absolute atomic E-state index is 0.0868. The van der Waals surface area contributed by atoms with Crippen LogP contribution in [0.3, 0.4) is 0 Å². The van der Waals surface area contributed by atoms with Crippen molar-refractivity contribution in [3.05, 3.63) is 65.9 Å². The zero-order valence-electron chi connectivity index (χ0n) is 23.3. The van der Waals surface area contributed by atoms with Crippen LogP contribution >= 0.6 is 0 Å². The Kier molecular flexibility index (Phi) is 6.68. The number of fused-ring (bicyclic) bond motifs is 2. The van der Waals surface area contributed by atoms with Gasteiger partial charge in [-0.25, -0.2) is 0 Å². The molecule has 4 heterocycles. The number of amides is 4. The molecule has 1 aromatic carbocycles. The Morgan fingerprint density at radius 3 is 2.51 bits per heavy atom. The number of hydrogen-bond acceptors (Lipinski definition) is 10. The summed E-state index contributed by atoms with van der Waals surface area (Å²) in [5, 5.41) is 17.8. The predicted molar refractivity (Wildman–Crippen MR) is 157 cm³/mol. The van der Waals surface area contributed by atoms with E-state index in [-0.39, 0.29) is 35.9 Å². The van der Waals surface area contributed by atoms with Crippen molar-refractivity contribution < 1.29 is 19.2 Å². The number of piperidine rings is 1. The van der Waals surface area contributed by atoms with Gasteiger partial charge in [0.15, 0.2) is 0 Å². The first-order valence-corrected chi connectivity index (χ1v) is 14.6. The monoisotopic (exact) mass is 578 g/mol. The SMILES string of the molecule is N=C(/C(=C\NC1CC(CNc2ccc3c(c2)C(=O)N(C2CCC(=O)NC2=O)C3=O)C1)c1cc2nccnc2cn1)C1CC1. The van der Waals surface area contributed by atoms with E-state index in [1.165, 1.54) is 0 Å². The molecule has 4 aliphatic rings. The van der Waals surface area contributed by atoms with E-state index in [9.17, 15) is 19.2 Å². The van der Waals surface area contributed by atoms with Crippen LogP contribution in [0, 0.1) is 17.2 Å². The van der Waals surface area contributed by atoms with E-state index in [2.05, 4.69) is 30.9 Å². The zero-order chi connectivity index (χ0) is 29.7. The van der Waals surface area contributed by atoms with E-state index in [0.29, 0.717) is 18.2 Å².